The molecule has 7 N–H and O–H groups in total. The van der Waals surface area contributed by atoms with Gasteiger partial charge in [0.25, 0.3) is 0 Å². The molecule has 0 radical (unpaired) electrons. The molecule has 0 aromatic rings. The number of amides is 2. The lowest BCUT2D eigenvalue weighted by Gasteiger charge is -2.42. The number of carbonyl (C=O) groups excluding carboxylic acids is 2. The number of likely N-dealkylation sites (N-methyl/N-ethyl adjacent to an activating group) is 1. The maximum atomic E-state index is 12.0. The first kappa shape index (κ1) is 36.5. The number of aliphatic hydroxyl groups is 4. The van der Waals surface area contributed by atoms with Crippen LogP contribution in [0.2, 0.25) is 0 Å². The molecule has 1 aliphatic rings. The Kier molecular flexibility index (Phi) is 20.2. The van der Waals surface area contributed by atoms with E-state index in [9.17, 15) is 30.0 Å². The van der Waals surface area contributed by atoms with Crippen molar-refractivity contribution >= 4 is 11.8 Å². The summed E-state index contributed by atoms with van der Waals surface area (Å²) < 4.78 is 27.5. The summed E-state index contributed by atoms with van der Waals surface area (Å²) in [4.78, 5) is 25.0. The fourth-order valence-electron chi connectivity index (χ4n) is 3.99. The minimum absolute atomic E-state index is 0.0635. The van der Waals surface area contributed by atoms with E-state index in [-0.39, 0.29) is 38.6 Å². The topological polar surface area (TPSA) is 201 Å². The molecule has 0 bridgehead atoms. The average Bonchev–Trinajstić information content (AvgIpc) is 2.91. The van der Waals surface area contributed by atoms with Crippen molar-refractivity contribution in [2.45, 2.75) is 57.0 Å². The minimum atomic E-state index is -1.34. The van der Waals surface area contributed by atoms with E-state index in [0.717, 1.165) is 6.54 Å². The Labute approximate surface area is 236 Å². The summed E-state index contributed by atoms with van der Waals surface area (Å²) in [5.41, 5.74) is 0. The summed E-state index contributed by atoms with van der Waals surface area (Å²) in [6.45, 7) is 6.96. The van der Waals surface area contributed by atoms with Crippen molar-refractivity contribution in [3.63, 3.8) is 0 Å². The van der Waals surface area contributed by atoms with E-state index in [0.29, 0.717) is 46.2 Å². The third-order valence-electron chi connectivity index (χ3n) is 6.16. The van der Waals surface area contributed by atoms with Crippen LogP contribution in [0.3, 0.4) is 0 Å². The van der Waals surface area contributed by atoms with Crippen LogP contribution < -0.4 is 16.0 Å². The number of ether oxygens (including phenoxy) is 5. The lowest BCUT2D eigenvalue weighted by molar-refractivity contribution is -0.198. The molecule has 2 amide bonds. The molecule has 236 valence electrons. The maximum Gasteiger partial charge on any atom is 0.219 e. The van der Waals surface area contributed by atoms with Gasteiger partial charge in [0.2, 0.25) is 11.8 Å². The minimum Gasteiger partial charge on any atom is -0.394 e. The normalized spacial score (nSPS) is 23.6. The SMILES string of the molecule is CNCCOCCOCCOCCN[C@H](O)CN(CCOCC[C@H]1OC(CO)C(O)C(O)[C@H]1NC(C)=O)C(C)=O. The Bertz CT molecular complexity index is 679. The first-order valence-electron chi connectivity index (χ1n) is 13.7. The summed E-state index contributed by atoms with van der Waals surface area (Å²) in [6.07, 6.45) is -5.00. The molecule has 0 aromatic heterocycles. The van der Waals surface area contributed by atoms with Crippen molar-refractivity contribution in [1.29, 1.82) is 0 Å². The fourth-order valence-corrected chi connectivity index (χ4v) is 3.99. The molecule has 15 nitrogen and oxygen atoms in total. The van der Waals surface area contributed by atoms with E-state index in [1.54, 1.807) is 0 Å². The van der Waals surface area contributed by atoms with E-state index in [1.165, 1.54) is 18.7 Å². The standard InChI is InChI=1S/C25H50N4O11/c1-18(31)28-23-20(40-21(17-30)24(34)25(23)35)4-8-36-11-7-29(19(2)32)16-22(33)27-6-10-38-13-15-39-14-12-37-9-5-26-3/h20-27,30,33-35H,4-17H2,1-3H3,(H,28,31)/t20-,21?,22-,23+,24?,25?/m1/s1. The second kappa shape index (κ2) is 22.1. The number of nitrogens with one attached hydrogen (secondary N) is 3. The molecule has 3 unspecified atom stereocenters. The molecule has 6 atom stereocenters. The molecule has 1 heterocycles. The number of hydrogen-bond donors (Lipinski definition) is 7. The Balaban J connectivity index is 2.22. The summed E-state index contributed by atoms with van der Waals surface area (Å²) in [6, 6.07) is -0.863. The molecular weight excluding hydrogens is 532 g/mol. The van der Waals surface area contributed by atoms with E-state index in [4.69, 9.17) is 23.7 Å². The number of nitrogens with zero attached hydrogens (tertiary/aromatic N) is 1. The quantitative estimate of drug-likeness (QED) is 0.0461. The van der Waals surface area contributed by atoms with Crippen LogP contribution in [0.15, 0.2) is 0 Å². The van der Waals surface area contributed by atoms with Gasteiger partial charge in [0.1, 0.15) is 24.5 Å². The van der Waals surface area contributed by atoms with E-state index < -0.39 is 49.2 Å². The molecule has 0 aliphatic carbocycles. The first-order valence-corrected chi connectivity index (χ1v) is 13.7. The van der Waals surface area contributed by atoms with Gasteiger partial charge in [-0.25, -0.2) is 0 Å². The van der Waals surface area contributed by atoms with Crippen molar-refractivity contribution in [3.05, 3.63) is 0 Å². The van der Waals surface area contributed by atoms with E-state index in [1.807, 2.05) is 7.05 Å². The fraction of sp³-hybridized carbons (Fsp3) is 0.920. The van der Waals surface area contributed by atoms with Gasteiger partial charge in [-0.1, -0.05) is 0 Å². The smallest absolute Gasteiger partial charge is 0.219 e. The van der Waals surface area contributed by atoms with Crippen LogP contribution >= 0.6 is 0 Å². The Morgan fingerprint density at radius 3 is 2.05 bits per heavy atom. The number of hydrogen-bond acceptors (Lipinski definition) is 13. The van der Waals surface area contributed by atoms with Crippen molar-refractivity contribution in [1.82, 2.24) is 20.9 Å². The lowest BCUT2D eigenvalue weighted by atomic mass is 9.91. The first-order chi connectivity index (χ1) is 19.2. The number of carbonyl (C=O) groups is 2. The maximum absolute atomic E-state index is 12.0. The van der Waals surface area contributed by atoms with Crippen LogP contribution in [-0.4, -0.2) is 167 Å². The summed E-state index contributed by atoms with van der Waals surface area (Å²) in [5, 5.41) is 48.6. The number of rotatable bonds is 23. The van der Waals surface area contributed by atoms with Crippen LogP contribution in [0.1, 0.15) is 20.3 Å². The third-order valence-corrected chi connectivity index (χ3v) is 6.16. The molecule has 15 heteroatoms. The van der Waals surface area contributed by atoms with Gasteiger partial charge in [-0.3, -0.25) is 14.9 Å². The van der Waals surface area contributed by atoms with Crippen LogP contribution in [-0.2, 0) is 33.3 Å². The van der Waals surface area contributed by atoms with E-state index in [2.05, 4.69) is 16.0 Å². The van der Waals surface area contributed by atoms with Crippen LogP contribution in [0.25, 0.3) is 0 Å². The van der Waals surface area contributed by atoms with Crippen molar-refractivity contribution in [2.24, 2.45) is 0 Å². The van der Waals surface area contributed by atoms with Crippen LogP contribution in [0.4, 0.5) is 0 Å². The van der Waals surface area contributed by atoms with Gasteiger partial charge in [-0.15, -0.1) is 0 Å². The molecule has 1 saturated heterocycles. The molecular formula is C25H50N4O11. The molecule has 1 fully saturated rings. The van der Waals surface area contributed by atoms with Crippen molar-refractivity contribution in [2.75, 3.05) is 92.7 Å². The van der Waals surface area contributed by atoms with Crippen LogP contribution in [0, 0.1) is 0 Å². The largest absolute Gasteiger partial charge is 0.394 e. The van der Waals surface area contributed by atoms with Gasteiger partial charge in [0, 0.05) is 40.1 Å². The summed E-state index contributed by atoms with van der Waals surface area (Å²) in [7, 11) is 1.86. The molecule has 0 aromatic carbocycles. The second-order valence-electron chi connectivity index (χ2n) is 9.38. The highest BCUT2D eigenvalue weighted by atomic mass is 16.5. The lowest BCUT2D eigenvalue weighted by Crippen LogP contribution is -2.64. The highest BCUT2D eigenvalue weighted by molar-refractivity contribution is 5.73. The molecule has 1 rings (SSSR count). The van der Waals surface area contributed by atoms with E-state index >= 15 is 0 Å². The predicted molar refractivity (Wildman–Crippen MR) is 143 cm³/mol. The zero-order chi connectivity index (χ0) is 29.8. The second-order valence-corrected chi connectivity index (χ2v) is 9.38. The van der Waals surface area contributed by atoms with Gasteiger partial charge in [0.05, 0.1) is 71.5 Å². The summed E-state index contributed by atoms with van der Waals surface area (Å²) >= 11 is 0. The highest BCUT2D eigenvalue weighted by Crippen LogP contribution is 2.23. The highest BCUT2D eigenvalue weighted by Gasteiger charge is 2.44. The molecule has 0 spiro atoms. The van der Waals surface area contributed by atoms with Crippen molar-refractivity contribution in [3.8, 4) is 0 Å². The van der Waals surface area contributed by atoms with Crippen molar-refractivity contribution < 1.29 is 53.7 Å². The zero-order valence-electron chi connectivity index (χ0n) is 24.0. The molecule has 1 aliphatic heterocycles. The van der Waals surface area contributed by atoms with Gasteiger partial charge in [-0.05, 0) is 13.5 Å². The Hall–Kier alpha value is -1.50. The monoisotopic (exact) mass is 582 g/mol. The average molecular weight is 583 g/mol. The molecule has 0 saturated carbocycles. The van der Waals surface area contributed by atoms with Gasteiger partial charge < -0.3 is 59.6 Å². The predicted octanol–water partition coefficient (Wildman–Crippen LogP) is -3.59. The summed E-state index contributed by atoms with van der Waals surface area (Å²) in [5.74, 6) is -0.618. The Morgan fingerprint density at radius 1 is 0.875 bits per heavy atom. The zero-order valence-corrected chi connectivity index (χ0v) is 24.0. The third kappa shape index (κ3) is 15.5. The van der Waals surface area contributed by atoms with Gasteiger partial charge >= 0.3 is 0 Å². The molecule has 40 heavy (non-hydrogen) atoms. The van der Waals surface area contributed by atoms with Crippen LogP contribution in [0.5, 0.6) is 0 Å². The van der Waals surface area contributed by atoms with Gasteiger partial charge in [0.15, 0.2) is 0 Å². The van der Waals surface area contributed by atoms with Gasteiger partial charge in [-0.2, -0.15) is 0 Å². The Morgan fingerprint density at radius 2 is 1.48 bits per heavy atom. The number of aliphatic hydroxyl groups excluding tert-OH is 4.